The summed E-state index contributed by atoms with van der Waals surface area (Å²) in [5.41, 5.74) is 7.45. The van der Waals surface area contributed by atoms with Crippen molar-refractivity contribution in [3.63, 3.8) is 0 Å². The van der Waals surface area contributed by atoms with Gasteiger partial charge in [-0.1, -0.05) is 19.1 Å². The van der Waals surface area contributed by atoms with E-state index in [1.165, 1.54) is 0 Å². The second kappa shape index (κ2) is 7.62. The maximum atomic E-state index is 6.29. The van der Waals surface area contributed by atoms with Crippen LogP contribution in [-0.2, 0) is 4.74 Å². The van der Waals surface area contributed by atoms with E-state index >= 15 is 0 Å². The number of rotatable bonds is 7. The van der Waals surface area contributed by atoms with E-state index in [1.807, 2.05) is 12.1 Å². The molecule has 0 bridgehead atoms. The van der Waals surface area contributed by atoms with E-state index in [4.69, 9.17) is 15.2 Å². The molecule has 1 fully saturated rings. The Morgan fingerprint density at radius 2 is 2.10 bits per heavy atom. The van der Waals surface area contributed by atoms with Crippen LogP contribution >= 0.6 is 0 Å². The van der Waals surface area contributed by atoms with Gasteiger partial charge in [0.15, 0.2) is 0 Å². The van der Waals surface area contributed by atoms with Crippen LogP contribution in [0, 0.1) is 0 Å². The zero-order chi connectivity index (χ0) is 14.4. The second-order valence-corrected chi connectivity index (χ2v) is 5.43. The van der Waals surface area contributed by atoms with Gasteiger partial charge >= 0.3 is 0 Å². The van der Waals surface area contributed by atoms with E-state index in [0.29, 0.717) is 6.10 Å². The quantitative estimate of drug-likeness (QED) is 0.830. The molecule has 112 valence electrons. The second-order valence-electron chi connectivity index (χ2n) is 5.43. The summed E-state index contributed by atoms with van der Waals surface area (Å²) in [4.78, 5) is 2.38. The summed E-state index contributed by atoms with van der Waals surface area (Å²) in [6.07, 6.45) is 2.50. The molecule has 0 amide bonds. The Morgan fingerprint density at radius 1 is 1.35 bits per heavy atom. The first kappa shape index (κ1) is 15.3. The van der Waals surface area contributed by atoms with Crippen molar-refractivity contribution in [1.29, 1.82) is 0 Å². The molecule has 0 radical (unpaired) electrons. The predicted molar refractivity (Wildman–Crippen MR) is 81.0 cm³/mol. The number of hydrogen-bond donors (Lipinski definition) is 1. The number of methoxy groups -OCH3 is 1. The van der Waals surface area contributed by atoms with Crippen LogP contribution in [0.25, 0.3) is 0 Å². The fourth-order valence-corrected chi connectivity index (χ4v) is 2.57. The van der Waals surface area contributed by atoms with Gasteiger partial charge in [0, 0.05) is 32.8 Å². The average molecular weight is 278 g/mol. The van der Waals surface area contributed by atoms with E-state index in [1.54, 1.807) is 7.11 Å². The van der Waals surface area contributed by atoms with Crippen molar-refractivity contribution < 1.29 is 9.47 Å². The number of hydrogen-bond acceptors (Lipinski definition) is 4. The summed E-state index contributed by atoms with van der Waals surface area (Å²) in [5, 5.41) is 0. The van der Waals surface area contributed by atoms with Gasteiger partial charge in [-0.3, -0.25) is 4.90 Å². The highest BCUT2D eigenvalue weighted by Gasteiger charge is 2.23. The Hall–Kier alpha value is -1.10. The molecule has 2 unspecified atom stereocenters. The van der Waals surface area contributed by atoms with Gasteiger partial charge < -0.3 is 15.2 Å². The molecular weight excluding hydrogens is 252 g/mol. The van der Waals surface area contributed by atoms with Crippen LogP contribution in [0.1, 0.15) is 31.4 Å². The van der Waals surface area contributed by atoms with E-state index in [2.05, 4.69) is 24.0 Å². The first-order chi connectivity index (χ1) is 9.72. The first-order valence-electron chi connectivity index (χ1n) is 7.46. The minimum absolute atomic E-state index is 0.0471. The van der Waals surface area contributed by atoms with Crippen molar-refractivity contribution in [2.75, 3.05) is 33.4 Å². The van der Waals surface area contributed by atoms with Gasteiger partial charge in [0.05, 0.1) is 12.7 Å². The Kier molecular flexibility index (Phi) is 5.83. The molecule has 1 aromatic rings. The zero-order valence-corrected chi connectivity index (χ0v) is 12.5. The lowest BCUT2D eigenvalue weighted by Crippen LogP contribution is -2.31. The van der Waals surface area contributed by atoms with E-state index in [9.17, 15) is 0 Å². The number of ether oxygens (including phenoxy) is 2. The van der Waals surface area contributed by atoms with Crippen LogP contribution in [-0.4, -0.2) is 44.4 Å². The minimum Gasteiger partial charge on any atom is -0.494 e. The van der Waals surface area contributed by atoms with Crippen LogP contribution in [0.4, 0.5) is 0 Å². The fraction of sp³-hybridized carbons (Fsp3) is 0.625. The Morgan fingerprint density at radius 3 is 2.70 bits per heavy atom. The van der Waals surface area contributed by atoms with Gasteiger partial charge in [-0.25, -0.2) is 0 Å². The molecule has 1 heterocycles. The SMILES string of the molecule is CCCOc1ccc(C(N)CN2CCC(OC)C2)cc1. The smallest absolute Gasteiger partial charge is 0.119 e. The van der Waals surface area contributed by atoms with Gasteiger partial charge in [-0.2, -0.15) is 0 Å². The Balaban J connectivity index is 1.84. The molecule has 1 aliphatic heterocycles. The highest BCUT2D eigenvalue weighted by atomic mass is 16.5. The third kappa shape index (κ3) is 4.20. The van der Waals surface area contributed by atoms with Crippen molar-refractivity contribution in [2.45, 2.75) is 31.9 Å². The monoisotopic (exact) mass is 278 g/mol. The summed E-state index contributed by atoms with van der Waals surface area (Å²) in [6.45, 7) is 5.81. The number of benzene rings is 1. The average Bonchev–Trinajstić information content (AvgIpc) is 2.93. The van der Waals surface area contributed by atoms with Crippen LogP contribution in [0.5, 0.6) is 5.75 Å². The molecule has 0 saturated carbocycles. The van der Waals surface area contributed by atoms with Crippen LogP contribution < -0.4 is 10.5 Å². The lowest BCUT2D eigenvalue weighted by Gasteiger charge is -2.21. The van der Waals surface area contributed by atoms with Gasteiger partial charge in [-0.15, -0.1) is 0 Å². The molecule has 2 atom stereocenters. The molecule has 1 aromatic carbocycles. The molecule has 1 aliphatic rings. The van der Waals surface area contributed by atoms with E-state index < -0.39 is 0 Å². The molecule has 4 heteroatoms. The molecule has 4 nitrogen and oxygen atoms in total. The molecule has 1 saturated heterocycles. The summed E-state index contributed by atoms with van der Waals surface area (Å²) in [5.74, 6) is 0.920. The third-order valence-corrected chi connectivity index (χ3v) is 3.80. The van der Waals surface area contributed by atoms with E-state index in [0.717, 1.165) is 50.4 Å². The van der Waals surface area contributed by atoms with Crippen molar-refractivity contribution in [3.05, 3.63) is 29.8 Å². The summed E-state index contributed by atoms with van der Waals surface area (Å²) < 4.78 is 11.0. The van der Waals surface area contributed by atoms with Gasteiger partial charge in [0.2, 0.25) is 0 Å². The Bertz CT molecular complexity index is 394. The third-order valence-electron chi connectivity index (χ3n) is 3.80. The minimum atomic E-state index is 0.0471. The Labute approximate surface area is 121 Å². The number of nitrogens with two attached hydrogens (primary N) is 1. The van der Waals surface area contributed by atoms with Gasteiger partial charge in [0.25, 0.3) is 0 Å². The van der Waals surface area contributed by atoms with Crippen LogP contribution in [0.15, 0.2) is 24.3 Å². The number of nitrogens with zero attached hydrogens (tertiary/aromatic N) is 1. The predicted octanol–water partition coefficient (Wildman–Crippen LogP) is 2.20. The maximum Gasteiger partial charge on any atom is 0.119 e. The van der Waals surface area contributed by atoms with Crippen LogP contribution in [0.2, 0.25) is 0 Å². The van der Waals surface area contributed by atoms with Crippen molar-refractivity contribution in [2.24, 2.45) is 5.73 Å². The first-order valence-corrected chi connectivity index (χ1v) is 7.46. The van der Waals surface area contributed by atoms with E-state index in [-0.39, 0.29) is 6.04 Å². The molecule has 0 spiro atoms. The molecule has 2 N–H and O–H groups in total. The highest BCUT2D eigenvalue weighted by molar-refractivity contribution is 5.29. The lowest BCUT2D eigenvalue weighted by atomic mass is 10.1. The standard InChI is InChI=1S/C16H26N2O2/c1-3-10-20-14-6-4-13(5-7-14)16(17)12-18-9-8-15(11-18)19-2/h4-7,15-16H,3,8-12,17H2,1-2H3. The summed E-state index contributed by atoms with van der Waals surface area (Å²) in [7, 11) is 1.78. The van der Waals surface area contributed by atoms with Crippen molar-refractivity contribution in [3.8, 4) is 5.75 Å². The number of likely N-dealkylation sites (tertiary alicyclic amines) is 1. The van der Waals surface area contributed by atoms with Crippen LogP contribution in [0.3, 0.4) is 0 Å². The molecule has 2 rings (SSSR count). The topological polar surface area (TPSA) is 47.7 Å². The summed E-state index contributed by atoms with van der Waals surface area (Å²) in [6, 6.07) is 8.20. The van der Waals surface area contributed by atoms with Crippen molar-refractivity contribution >= 4 is 0 Å². The van der Waals surface area contributed by atoms with Gasteiger partial charge in [-0.05, 0) is 30.5 Å². The lowest BCUT2D eigenvalue weighted by molar-refractivity contribution is 0.107. The largest absolute Gasteiger partial charge is 0.494 e. The van der Waals surface area contributed by atoms with Gasteiger partial charge in [0.1, 0.15) is 5.75 Å². The van der Waals surface area contributed by atoms with Crippen molar-refractivity contribution in [1.82, 2.24) is 4.90 Å². The highest BCUT2D eigenvalue weighted by Crippen LogP contribution is 2.20. The fourth-order valence-electron chi connectivity index (χ4n) is 2.57. The zero-order valence-electron chi connectivity index (χ0n) is 12.5. The summed E-state index contributed by atoms with van der Waals surface area (Å²) >= 11 is 0. The molecular formula is C16H26N2O2. The maximum absolute atomic E-state index is 6.29. The molecule has 20 heavy (non-hydrogen) atoms. The molecule has 0 aliphatic carbocycles. The normalized spacial score (nSPS) is 21.1. The molecule has 0 aromatic heterocycles.